The van der Waals surface area contributed by atoms with Gasteiger partial charge < -0.3 is 10.2 Å². The average molecular weight is 311 g/mol. The van der Waals surface area contributed by atoms with E-state index in [4.69, 9.17) is 23.2 Å². The number of pyridine rings is 2. The van der Waals surface area contributed by atoms with Gasteiger partial charge in [-0.15, -0.1) is 0 Å². The Morgan fingerprint density at radius 2 is 2.05 bits per heavy atom. The Labute approximate surface area is 128 Å². The lowest BCUT2D eigenvalue weighted by Crippen LogP contribution is -2.24. The minimum atomic E-state index is 0.509. The van der Waals surface area contributed by atoms with Crippen molar-refractivity contribution in [1.29, 1.82) is 0 Å². The van der Waals surface area contributed by atoms with E-state index in [-0.39, 0.29) is 0 Å². The molecule has 2 heterocycles. The van der Waals surface area contributed by atoms with E-state index >= 15 is 0 Å². The first-order valence-corrected chi connectivity index (χ1v) is 7.10. The molecule has 0 atom stereocenters. The molecule has 0 saturated carbocycles. The number of halogens is 2. The van der Waals surface area contributed by atoms with Gasteiger partial charge in [-0.2, -0.15) is 0 Å². The Morgan fingerprint density at radius 1 is 1.25 bits per heavy atom. The van der Waals surface area contributed by atoms with Crippen molar-refractivity contribution in [2.24, 2.45) is 0 Å². The van der Waals surface area contributed by atoms with E-state index < -0.39 is 0 Å². The van der Waals surface area contributed by atoms with Gasteiger partial charge in [0.1, 0.15) is 11.6 Å². The molecule has 0 saturated heterocycles. The molecule has 0 amide bonds. The molecule has 2 aromatic rings. The van der Waals surface area contributed by atoms with Crippen LogP contribution in [0.4, 0.5) is 11.6 Å². The molecule has 0 aromatic carbocycles. The maximum Gasteiger partial charge on any atom is 0.150 e. The normalized spacial score (nSPS) is 10.4. The van der Waals surface area contributed by atoms with Crippen molar-refractivity contribution in [3.05, 3.63) is 46.2 Å². The molecule has 20 heavy (non-hydrogen) atoms. The largest absolute Gasteiger partial charge is 0.372 e. The lowest BCUT2D eigenvalue weighted by Gasteiger charge is -2.23. The minimum absolute atomic E-state index is 0.509. The fourth-order valence-electron chi connectivity index (χ4n) is 1.88. The minimum Gasteiger partial charge on any atom is -0.372 e. The first-order chi connectivity index (χ1) is 9.65. The molecule has 0 fully saturated rings. The Bertz CT molecular complexity index is 575. The molecule has 0 bridgehead atoms. The van der Waals surface area contributed by atoms with Crippen molar-refractivity contribution in [2.45, 2.75) is 13.5 Å². The zero-order chi connectivity index (χ0) is 14.5. The van der Waals surface area contributed by atoms with Crippen LogP contribution in [0.25, 0.3) is 0 Å². The number of nitrogens with zero attached hydrogens (tertiary/aromatic N) is 3. The summed E-state index contributed by atoms with van der Waals surface area (Å²) >= 11 is 12.3. The van der Waals surface area contributed by atoms with Crippen LogP contribution >= 0.6 is 23.2 Å². The number of aromatic nitrogens is 2. The SMILES string of the molecule is CCN(Cc1ccccn1)c1nc(NC)c(Cl)cc1Cl. The van der Waals surface area contributed by atoms with E-state index in [1.165, 1.54) is 0 Å². The first-order valence-electron chi connectivity index (χ1n) is 6.34. The predicted molar refractivity (Wildman–Crippen MR) is 84.8 cm³/mol. The molecule has 106 valence electrons. The van der Waals surface area contributed by atoms with Crippen LogP contribution in [0.3, 0.4) is 0 Å². The number of hydrogen-bond donors (Lipinski definition) is 1. The van der Waals surface area contributed by atoms with Crippen LogP contribution in [-0.2, 0) is 6.54 Å². The quantitative estimate of drug-likeness (QED) is 0.910. The second kappa shape index (κ2) is 6.77. The summed E-state index contributed by atoms with van der Waals surface area (Å²) in [4.78, 5) is 10.9. The molecule has 0 aliphatic carbocycles. The van der Waals surface area contributed by atoms with Gasteiger partial charge in [0.05, 0.1) is 22.3 Å². The summed E-state index contributed by atoms with van der Waals surface area (Å²) in [7, 11) is 1.78. The molecule has 0 aliphatic heterocycles. The van der Waals surface area contributed by atoms with Gasteiger partial charge in [-0.1, -0.05) is 29.3 Å². The molecule has 6 heteroatoms. The number of anilines is 2. The number of nitrogens with one attached hydrogen (secondary N) is 1. The Morgan fingerprint density at radius 3 is 2.65 bits per heavy atom. The maximum absolute atomic E-state index is 6.26. The van der Waals surface area contributed by atoms with Crippen LogP contribution in [0.2, 0.25) is 10.0 Å². The molecular formula is C14H16Cl2N4. The summed E-state index contributed by atoms with van der Waals surface area (Å²) in [5.74, 6) is 1.32. The van der Waals surface area contributed by atoms with Gasteiger partial charge in [0.15, 0.2) is 0 Å². The predicted octanol–water partition coefficient (Wildman–Crippen LogP) is 3.85. The summed E-state index contributed by atoms with van der Waals surface area (Å²) < 4.78 is 0. The van der Waals surface area contributed by atoms with Crippen LogP contribution in [0.1, 0.15) is 12.6 Å². The molecular weight excluding hydrogens is 295 g/mol. The lowest BCUT2D eigenvalue weighted by molar-refractivity contribution is 0.795. The molecule has 2 rings (SSSR count). The van der Waals surface area contributed by atoms with Crippen molar-refractivity contribution >= 4 is 34.8 Å². The molecule has 2 aromatic heterocycles. The summed E-state index contributed by atoms with van der Waals surface area (Å²) in [6.07, 6.45) is 1.78. The second-order valence-electron chi connectivity index (χ2n) is 4.21. The van der Waals surface area contributed by atoms with Gasteiger partial charge in [-0.25, -0.2) is 4.98 Å². The number of hydrogen-bond acceptors (Lipinski definition) is 4. The Kier molecular flexibility index (Phi) is 5.04. The van der Waals surface area contributed by atoms with Crippen molar-refractivity contribution in [3.8, 4) is 0 Å². The van der Waals surface area contributed by atoms with Gasteiger partial charge in [-0.05, 0) is 25.1 Å². The highest BCUT2D eigenvalue weighted by molar-refractivity contribution is 6.37. The molecule has 0 aliphatic rings. The first kappa shape index (κ1) is 14.9. The van der Waals surface area contributed by atoms with Crippen LogP contribution in [0, 0.1) is 0 Å². The van der Waals surface area contributed by atoms with Crippen molar-refractivity contribution in [3.63, 3.8) is 0 Å². The third kappa shape index (κ3) is 3.32. The summed E-state index contributed by atoms with van der Waals surface area (Å²) in [6, 6.07) is 7.54. The van der Waals surface area contributed by atoms with E-state index in [0.29, 0.717) is 28.2 Å². The van der Waals surface area contributed by atoms with Gasteiger partial charge >= 0.3 is 0 Å². The topological polar surface area (TPSA) is 41.1 Å². The fourth-order valence-corrected chi connectivity index (χ4v) is 2.45. The van der Waals surface area contributed by atoms with E-state index in [1.54, 1.807) is 19.3 Å². The molecule has 0 radical (unpaired) electrons. The van der Waals surface area contributed by atoms with Crippen LogP contribution < -0.4 is 10.2 Å². The number of rotatable bonds is 5. The standard InChI is InChI=1S/C14H16Cl2N4/c1-3-20(9-10-6-4-5-7-18-10)14-12(16)8-11(15)13(17-2)19-14/h4-8H,3,9H2,1-2H3,(H,17,19). The van der Waals surface area contributed by atoms with Crippen LogP contribution in [-0.4, -0.2) is 23.6 Å². The summed E-state index contributed by atoms with van der Waals surface area (Å²) in [5, 5.41) is 4.01. The van der Waals surface area contributed by atoms with E-state index in [1.807, 2.05) is 18.2 Å². The average Bonchev–Trinajstić information content (AvgIpc) is 2.46. The molecule has 4 nitrogen and oxygen atoms in total. The zero-order valence-electron chi connectivity index (χ0n) is 11.4. The summed E-state index contributed by atoms with van der Waals surface area (Å²) in [6.45, 7) is 3.47. The molecule has 0 spiro atoms. The monoisotopic (exact) mass is 310 g/mol. The van der Waals surface area contributed by atoms with Gasteiger partial charge in [-0.3, -0.25) is 4.98 Å². The van der Waals surface area contributed by atoms with Crippen molar-refractivity contribution in [1.82, 2.24) is 9.97 Å². The van der Waals surface area contributed by atoms with Crippen LogP contribution in [0.15, 0.2) is 30.5 Å². The Balaban J connectivity index is 2.32. The fraction of sp³-hybridized carbons (Fsp3) is 0.286. The van der Waals surface area contributed by atoms with Crippen molar-refractivity contribution < 1.29 is 0 Å². The van der Waals surface area contributed by atoms with E-state index in [9.17, 15) is 0 Å². The highest BCUT2D eigenvalue weighted by Gasteiger charge is 2.14. The summed E-state index contributed by atoms with van der Waals surface area (Å²) in [5.41, 5.74) is 0.966. The van der Waals surface area contributed by atoms with Gasteiger partial charge in [0.2, 0.25) is 0 Å². The smallest absolute Gasteiger partial charge is 0.150 e. The molecule has 0 unspecified atom stereocenters. The van der Waals surface area contributed by atoms with Crippen LogP contribution in [0.5, 0.6) is 0 Å². The third-order valence-corrected chi connectivity index (χ3v) is 3.47. The van der Waals surface area contributed by atoms with E-state index in [0.717, 1.165) is 12.2 Å². The Hall–Kier alpha value is -1.52. The highest BCUT2D eigenvalue weighted by atomic mass is 35.5. The second-order valence-corrected chi connectivity index (χ2v) is 5.02. The molecule has 1 N–H and O–H groups in total. The van der Waals surface area contributed by atoms with E-state index in [2.05, 4.69) is 27.1 Å². The van der Waals surface area contributed by atoms with Crippen molar-refractivity contribution in [2.75, 3.05) is 23.8 Å². The lowest BCUT2D eigenvalue weighted by atomic mass is 10.3. The third-order valence-electron chi connectivity index (χ3n) is 2.91. The van der Waals surface area contributed by atoms with Gasteiger partial charge in [0, 0.05) is 19.8 Å². The maximum atomic E-state index is 6.26. The highest BCUT2D eigenvalue weighted by Crippen LogP contribution is 2.31. The van der Waals surface area contributed by atoms with Gasteiger partial charge in [0.25, 0.3) is 0 Å². The zero-order valence-corrected chi connectivity index (χ0v) is 12.9.